The van der Waals surface area contributed by atoms with Crippen LogP contribution < -0.4 is 14.2 Å². The van der Waals surface area contributed by atoms with Crippen LogP contribution in [0.4, 0.5) is 0 Å². The Morgan fingerprint density at radius 3 is 2.55 bits per heavy atom. The van der Waals surface area contributed by atoms with E-state index < -0.39 is 5.97 Å². The molecular formula is C23H21NO5. The van der Waals surface area contributed by atoms with Crippen molar-refractivity contribution in [3.05, 3.63) is 83.7 Å². The quantitative estimate of drug-likeness (QED) is 0.588. The molecule has 1 aliphatic rings. The molecule has 0 bridgehead atoms. The monoisotopic (exact) mass is 391 g/mol. The van der Waals surface area contributed by atoms with Crippen molar-refractivity contribution in [2.24, 2.45) is 0 Å². The molecule has 148 valence electrons. The van der Waals surface area contributed by atoms with E-state index in [0.717, 1.165) is 23.4 Å². The van der Waals surface area contributed by atoms with Crippen LogP contribution in [-0.4, -0.2) is 24.2 Å². The summed E-state index contributed by atoms with van der Waals surface area (Å²) in [6.07, 6.45) is 2.55. The van der Waals surface area contributed by atoms with E-state index in [-0.39, 0.29) is 6.61 Å². The summed E-state index contributed by atoms with van der Waals surface area (Å²) in [6.45, 7) is 1.76. The highest BCUT2D eigenvalue weighted by Gasteiger charge is 2.15. The summed E-state index contributed by atoms with van der Waals surface area (Å²) in [4.78, 5) is 16.6. The largest absolute Gasteiger partial charge is 0.490 e. The van der Waals surface area contributed by atoms with Crippen molar-refractivity contribution >= 4 is 5.97 Å². The summed E-state index contributed by atoms with van der Waals surface area (Å²) in [5, 5.41) is 0. The Balaban J connectivity index is 1.30. The zero-order chi connectivity index (χ0) is 19.9. The lowest BCUT2D eigenvalue weighted by atomic mass is 10.2. The molecule has 0 fully saturated rings. The number of nitrogens with zero attached hydrogens (tertiary/aromatic N) is 1. The van der Waals surface area contributed by atoms with Crippen LogP contribution in [0.3, 0.4) is 0 Å². The van der Waals surface area contributed by atoms with Crippen LogP contribution in [0.15, 0.2) is 66.9 Å². The number of carbonyl (C=O) groups is 1. The van der Waals surface area contributed by atoms with Crippen molar-refractivity contribution in [2.75, 3.05) is 13.2 Å². The summed E-state index contributed by atoms with van der Waals surface area (Å²) in [5.41, 5.74) is 2.17. The van der Waals surface area contributed by atoms with Crippen molar-refractivity contribution in [1.29, 1.82) is 0 Å². The Morgan fingerprint density at radius 1 is 0.931 bits per heavy atom. The Morgan fingerprint density at radius 2 is 1.76 bits per heavy atom. The Bertz CT molecular complexity index is 957. The van der Waals surface area contributed by atoms with Gasteiger partial charge in [-0.25, -0.2) is 4.79 Å². The number of rotatable bonds is 6. The predicted octanol–water partition coefficient (Wildman–Crippen LogP) is 4.18. The highest BCUT2D eigenvalue weighted by atomic mass is 16.5. The molecule has 2 heterocycles. The fourth-order valence-electron chi connectivity index (χ4n) is 2.85. The van der Waals surface area contributed by atoms with Crippen molar-refractivity contribution in [3.63, 3.8) is 0 Å². The van der Waals surface area contributed by atoms with Gasteiger partial charge in [0.15, 0.2) is 11.5 Å². The van der Waals surface area contributed by atoms with Crippen LogP contribution in [0, 0.1) is 0 Å². The van der Waals surface area contributed by atoms with Gasteiger partial charge in [0.05, 0.1) is 24.5 Å². The van der Waals surface area contributed by atoms with E-state index in [0.29, 0.717) is 36.9 Å². The highest BCUT2D eigenvalue weighted by Crippen LogP contribution is 2.30. The third-order valence-electron chi connectivity index (χ3n) is 4.39. The van der Waals surface area contributed by atoms with Crippen LogP contribution in [0.2, 0.25) is 0 Å². The molecule has 0 aliphatic carbocycles. The zero-order valence-electron chi connectivity index (χ0n) is 15.9. The lowest BCUT2D eigenvalue weighted by molar-refractivity contribution is 0.0472. The van der Waals surface area contributed by atoms with Gasteiger partial charge in [-0.15, -0.1) is 0 Å². The van der Waals surface area contributed by atoms with Crippen molar-refractivity contribution in [1.82, 2.24) is 4.98 Å². The predicted molar refractivity (Wildman–Crippen MR) is 106 cm³/mol. The van der Waals surface area contributed by atoms with Crippen molar-refractivity contribution < 1.29 is 23.7 Å². The fourth-order valence-corrected chi connectivity index (χ4v) is 2.85. The molecule has 6 nitrogen and oxygen atoms in total. The van der Waals surface area contributed by atoms with Crippen molar-refractivity contribution in [3.8, 4) is 17.2 Å². The molecule has 6 heteroatoms. The average molecular weight is 391 g/mol. The van der Waals surface area contributed by atoms with Gasteiger partial charge in [-0.05, 0) is 48.0 Å². The standard InChI is InChI=1S/C23H21NO5/c25-23(18-7-10-21-22(14-18)27-13-3-12-26-21)29-15-17-5-8-20(9-6-17)28-16-19-4-1-2-11-24-19/h1-2,4-11,14H,3,12-13,15-16H2. The first-order valence-corrected chi connectivity index (χ1v) is 9.46. The van der Waals surface area contributed by atoms with Gasteiger partial charge >= 0.3 is 5.97 Å². The van der Waals surface area contributed by atoms with E-state index in [2.05, 4.69) is 4.98 Å². The van der Waals surface area contributed by atoms with E-state index in [9.17, 15) is 4.79 Å². The van der Waals surface area contributed by atoms with Gasteiger partial charge in [0.1, 0.15) is 19.0 Å². The second kappa shape index (κ2) is 9.10. The first kappa shape index (κ1) is 18.8. The Kier molecular flexibility index (Phi) is 5.90. The lowest BCUT2D eigenvalue weighted by Gasteiger charge is -2.10. The van der Waals surface area contributed by atoms with E-state index >= 15 is 0 Å². The molecule has 4 rings (SSSR count). The molecule has 3 aromatic rings. The van der Waals surface area contributed by atoms with Crippen LogP contribution in [-0.2, 0) is 18.0 Å². The molecule has 0 saturated carbocycles. The number of carbonyl (C=O) groups excluding carboxylic acids is 1. The summed E-state index contributed by atoms with van der Waals surface area (Å²) in [6, 6.07) is 18.2. The molecule has 2 aromatic carbocycles. The van der Waals surface area contributed by atoms with E-state index in [1.54, 1.807) is 24.4 Å². The molecular weight excluding hydrogens is 370 g/mol. The number of ether oxygens (including phenoxy) is 4. The molecule has 29 heavy (non-hydrogen) atoms. The molecule has 1 aliphatic heterocycles. The number of aromatic nitrogens is 1. The number of benzene rings is 2. The van der Waals surface area contributed by atoms with Gasteiger partial charge in [0, 0.05) is 12.6 Å². The fraction of sp³-hybridized carbons (Fsp3) is 0.217. The molecule has 1 aromatic heterocycles. The van der Waals surface area contributed by atoms with E-state index in [1.807, 2.05) is 42.5 Å². The van der Waals surface area contributed by atoms with Gasteiger partial charge in [-0.3, -0.25) is 4.98 Å². The third-order valence-corrected chi connectivity index (χ3v) is 4.39. The molecule has 0 spiro atoms. The molecule has 0 saturated heterocycles. The summed E-state index contributed by atoms with van der Waals surface area (Å²) >= 11 is 0. The van der Waals surface area contributed by atoms with Crippen LogP contribution >= 0.6 is 0 Å². The number of fused-ring (bicyclic) bond motifs is 1. The van der Waals surface area contributed by atoms with Gasteiger partial charge in [0.2, 0.25) is 0 Å². The number of hydrogen-bond acceptors (Lipinski definition) is 6. The second-order valence-corrected chi connectivity index (χ2v) is 6.54. The second-order valence-electron chi connectivity index (χ2n) is 6.54. The van der Waals surface area contributed by atoms with Gasteiger partial charge in [-0.1, -0.05) is 18.2 Å². The maximum atomic E-state index is 12.4. The third kappa shape index (κ3) is 5.04. The lowest BCUT2D eigenvalue weighted by Crippen LogP contribution is -2.06. The normalized spacial score (nSPS) is 12.7. The van der Waals surface area contributed by atoms with E-state index in [4.69, 9.17) is 18.9 Å². The van der Waals surface area contributed by atoms with E-state index in [1.165, 1.54) is 0 Å². The molecule has 0 unspecified atom stereocenters. The summed E-state index contributed by atoms with van der Waals surface area (Å²) < 4.78 is 22.3. The maximum absolute atomic E-state index is 12.4. The van der Waals surface area contributed by atoms with Crippen LogP contribution in [0.1, 0.15) is 28.0 Å². The van der Waals surface area contributed by atoms with Gasteiger partial charge < -0.3 is 18.9 Å². The van der Waals surface area contributed by atoms with Gasteiger partial charge in [-0.2, -0.15) is 0 Å². The van der Waals surface area contributed by atoms with Crippen molar-refractivity contribution in [2.45, 2.75) is 19.6 Å². The molecule has 0 radical (unpaired) electrons. The molecule has 0 atom stereocenters. The van der Waals surface area contributed by atoms with Crippen LogP contribution in [0.25, 0.3) is 0 Å². The number of hydrogen-bond donors (Lipinski definition) is 0. The number of esters is 1. The van der Waals surface area contributed by atoms with Crippen LogP contribution in [0.5, 0.6) is 17.2 Å². The summed E-state index contributed by atoms with van der Waals surface area (Å²) in [7, 11) is 0. The molecule has 0 amide bonds. The SMILES string of the molecule is O=C(OCc1ccc(OCc2ccccn2)cc1)c1ccc2c(c1)OCCCO2. The minimum atomic E-state index is -0.406. The topological polar surface area (TPSA) is 66.9 Å². The zero-order valence-corrected chi connectivity index (χ0v) is 15.9. The van der Waals surface area contributed by atoms with Gasteiger partial charge in [0.25, 0.3) is 0 Å². The smallest absolute Gasteiger partial charge is 0.338 e. The maximum Gasteiger partial charge on any atom is 0.338 e. The highest BCUT2D eigenvalue weighted by molar-refractivity contribution is 5.90. The molecule has 0 N–H and O–H groups in total. The minimum absolute atomic E-state index is 0.174. The first-order chi connectivity index (χ1) is 14.3. The Labute approximate surface area is 169 Å². The number of pyridine rings is 1. The summed E-state index contributed by atoms with van der Waals surface area (Å²) in [5.74, 6) is 1.55. The average Bonchev–Trinajstić information content (AvgIpc) is 3.02. The first-order valence-electron chi connectivity index (χ1n) is 9.46. The minimum Gasteiger partial charge on any atom is -0.490 e. The Hall–Kier alpha value is -3.54.